The summed E-state index contributed by atoms with van der Waals surface area (Å²) in [5, 5.41) is 5.86. The fraction of sp³-hybridized carbons (Fsp3) is 0.519. The van der Waals surface area contributed by atoms with Crippen LogP contribution in [0.3, 0.4) is 0 Å². The molecular weight excluding hydrogens is 445 g/mol. The molecule has 0 unspecified atom stereocenters. The first-order chi connectivity index (χ1) is 16.6. The second-order valence-electron chi connectivity index (χ2n) is 9.91. The third-order valence-corrected chi connectivity index (χ3v) is 6.37. The highest BCUT2D eigenvalue weighted by Gasteiger charge is 2.26. The molecule has 1 saturated heterocycles. The number of imidazole rings is 1. The van der Waals surface area contributed by atoms with Crippen LogP contribution in [-0.4, -0.2) is 45.8 Å². The topological polar surface area (TPSA) is 90.1 Å². The second-order valence-corrected chi connectivity index (χ2v) is 9.91. The molecule has 1 aliphatic rings. The average molecular weight is 484 g/mol. The van der Waals surface area contributed by atoms with Crippen LogP contribution >= 0.6 is 0 Å². The van der Waals surface area contributed by atoms with E-state index >= 15 is 0 Å². The number of aromatic nitrogens is 2. The predicted octanol–water partition coefficient (Wildman–Crippen LogP) is 4.62. The van der Waals surface area contributed by atoms with Gasteiger partial charge in [0, 0.05) is 37.2 Å². The van der Waals surface area contributed by atoms with Gasteiger partial charge in [0.25, 0.3) is 0 Å². The summed E-state index contributed by atoms with van der Waals surface area (Å²) < 4.78 is 14.4. The number of aromatic amines is 1. The van der Waals surface area contributed by atoms with E-state index < -0.39 is 12.1 Å². The highest BCUT2D eigenvalue weighted by atomic mass is 19.1. The molecule has 7 nitrogen and oxygen atoms in total. The summed E-state index contributed by atoms with van der Waals surface area (Å²) in [6.07, 6.45) is 5.26. The van der Waals surface area contributed by atoms with Gasteiger partial charge < -0.3 is 20.5 Å². The largest absolute Gasteiger partial charge is 0.375 e. The number of benzene rings is 1. The van der Waals surface area contributed by atoms with Crippen LogP contribution in [0.5, 0.6) is 0 Å². The molecule has 0 saturated carbocycles. The van der Waals surface area contributed by atoms with Gasteiger partial charge in [-0.1, -0.05) is 26.5 Å². The van der Waals surface area contributed by atoms with Crippen molar-refractivity contribution in [1.29, 1.82) is 0 Å². The molecule has 2 aromatic rings. The van der Waals surface area contributed by atoms with Crippen LogP contribution in [0.4, 0.5) is 4.39 Å². The number of hydrogen-bond donors (Lipinski definition) is 3. The summed E-state index contributed by atoms with van der Waals surface area (Å²) in [5.74, 6) is 0.142. The SMILES string of the molecule is C=C(C[C@H](NC(=O)CCC(C)C)C(=O)N[C@@H](C)c1ncc(-c2ccc(C)cc2F)[nH]1)N1CCCC1. The Bertz CT molecular complexity index is 1040. The molecule has 1 aromatic carbocycles. The van der Waals surface area contributed by atoms with Gasteiger partial charge in [-0.05, 0) is 56.7 Å². The van der Waals surface area contributed by atoms with Gasteiger partial charge in [0.2, 0.25) is 11.8 Å². The number of hydrogen-bond acceptors (Lipinski definition) is 4. The highest BCUT2D eigenvalue weighted by Crippen LogP contribution is 2.24. The summed E-state index contributed by atoms with van der Waals surface area (Å²) in [5.41, 5.74) is 2.66. The van der Waals surface area contributed by atoms with Gasteiger partial charge >= 0.3 is 0 Å². The van der Waals surface area contributed by atoms with Gasteiger partial charge in [0.05, 0.1) is 17.9 Å². The number of nitrogens with zero attached hydrogens (tertiary/aromatic N) is 2. The lowest BCUT2D eigenvalue weighted by atomic mass is 10.1. The van der Waals surface area contributed by atoms with Crippen LogP contribution < -0.4 is 10.6 Å². The lowest BCUT2D eigenvalue weighted by Crippen LogP contribution is -2.48. The summed E-state index contributed by atoms with van der Waals surface area (Å²) >= 11 is 0. The van der Waals surface area contributed by atoms with Crippen molar-refractivity contribution in [3.63, 3.8) is 0 Å². The van der Waals surface area contributed by atoms with Crippen LogP contribution in [0.25, 0.3) is 11.3 Å². The fourth-order valence-electron chi connectivity index (χ4n) is 4.21. The van der Waals surface area contributed by atoms with E-state index in [2.05, 4.69) is 45.9 Å². The number of aryl methyl sites for hydroxylation is 1. The molecular formula is C27H38FN5O2. The van der Waals surface area contributed by atoms with E-state index in [-0.39, 0.29) is 17.6 Å². The second kappa shape index (κ2) is 12.0. The number of H-pyrrole nitrogens is 1. The number of rotatable bonds is 11. The van der Waals surface area contributed by atoms with Crippen molar-refractivity contribution >= 4 is 11.8 Å². The van der Waals surface area contributed by atoms with Crippen molar-refractivity contribution in [2.45, 2.75) is 71.9 Å². The Labute approximate surface area is 207 Å². The maximum Gasteiger partial charge on any atom is 0.243 e. The standard InChI is InChI=1S/C27H38FN5O2/c1-17(2)8-11-25(34)31-23(15-19(4)33-12-6-7-13-33)27(35)30-20(5)26-29-16-24(32-26)21-10-9-18(3)14-22(21)28/h9-10,14,16-17,20,23H,4,6-8,11-13,15H2,1-3,5H3,(H,29,32)(H,30,35)(H,31,34)/t20-,23-/m0/s1. The van der Waals surface area contributed by atoms with Gasteiger partial charge in [0.1, 0.15) is 17.7 Å². The molecule has 0 spiro atoms. The number of carbonyl (C=O) groups excluding carboxylic acids is 2. The lowest BCUT2D eigenvalue weighted by molar-refractivity contribution is -0.129. The first-order valence-electron chi connectivity index (χ1n) is 12.5. The van der Waals surface area contributed by atoms with Gasteiger partial charge in [0.15, 0.2) is 0 Å². The molecule has 1 aliphatic heterocycles. The van der Waals surface area contributed by atoms with Crippen molar-refractivity contribution in [3.8, 4) is 11.3 Å². The Morgan fingerprint density at radius 2 is 1.91 bits per heavy atom. The van der Waals surface area contributed by atoms with E-state index in [0.717, 1.165) is 43.6 Å². The zero-order chi connectivity index (χ0) is 25.5. The van der Waals surface area contributed by atoms with Crippen molar-refractivity contribution in [2.24, 2.45) is 5.92 Å². The van der Waals surface area contributed by atoms with Crippen molar-refractivity contribution in [1.82, 2.24) is 25.5 Å². The van der Waals surface area contributed by atoms with Crippen LogP contribution in [0, 0.1) is 18.7 Å². The van der Waals surface area contributed by atoms with E-state index in [0.29, 0.717) is 35.8 Å². The van der Waals surface area contributed by atoms with E-state index in [1.165, 1.54) is 6.07 Å². The molecule has 1 aromatic heterocycles. The third-order valence-electron chi connectivity index (χ3n) is 6.37. The normalized spacial score (nSPS) is 15.2. The van der Waals surface area contributed by atoms with Gasteiger partial charge in [-0.15, -0.1) is 0 Å². The number of halogens is 1. The molecule has 190 valence electrons. The monoisotopic (exact) mass is 483 g/mol. The summed E-state index contributed by atoms with van der Waals surface area (Å²) in [6, 6.07) is 3.83. The minimum Gasteiger partial charge on any atom is -0.375 e. The van der Waals surface area contributed by atoms with E-state index in [9.17, 15) is 14.0 Å². The Morgan fingerprint density at radius 1 is 1.20 bits per heavy atom. The molecule has 1 fully saturated rings. The third kappa shape index (κ3) is 7.41. The maximum atomic E-state index is 14.4. The summed E-state index contributed by atoms with van der Waals surface area (Å²) in [7, 11) is 0. The quantitative estimate of drug-likeness (QED) is 0.435. The van der Waals surface area contributed by atoms with Gasteiger partial charge in [-0.3, -0.25) is 9.59 Å². The molecule has 8 heteroatoms. The predicted molar refractivity (Wildman–Crippen MR) is 136 cm³/mol. The maximum absolute atomic E-state index is 14.4. The van der Waals surface area contributed by atoms with E-state index in [4.69, 9.17) is 0 Å². The Balaban J connectivity index is 1.68. The van der Waals surface area contributed by atoms with Crippen LogP contribution in [0.15, 0.2) is 36.7 Å². The molecule has 0 aliphatic carbocycles. The van der Waals surface area contributed by atoms with Gasteiger partial charge in [-0.2, -0.15) is 0 Å². The fourth-order valence-corrected chi connectivity index (χ4v) is 4.21. The average Bonchev–Trinajstić information content (AvgIpc) is 3.50. The zero-order valence-electron chi connectivity index (χ0n) is 21.3. The first-order valence-corrected chi connectivity index (χ1v) is 12.5. The Hall–Kier alpha value is -3.16. The summed E-state index contributed by atoms with van der Waals surface area (Å²) in [6.45, 7) is 13.8. The minimum absolute atomic E-state index is 0.143. The number of likely N-dealkylation sites (tertiary alicyclic amines) is 1. The number of carbonyl (C=O) groups is 2. The van der Waals surface area contributed by atoms with Gasteiger partial charge in [-0.25, -0.2) is 9.37 Å². The van der Waals surface area contributed by atoms with Crippen LogP contribution in [0.2, 0.25) is 0 Å². The van der Waals surface area contributed by atoms with Crippen molar-refractivity contribution in [2.75, 3.05) is 13.1 Å². The summed E-state index contributed by atoms with van der Waals surface area (Å²) in [4.78, 5) is 35.4. The Kier molecular flexibility index (Phi) is 9.07. The number of amides is 2. The van der Waals surface area contributed by atoms with Crippen LogP contribution in [-0.2, 0) is 9.59 Å². The Morgan fingerprint density at radius 3 is 2.57 bits per heavy atom. The zero-order valence-corrected chi connectivity index (χ0v) is 21.3. The molecule has 0 radical (unpaired) electrons. The van der Waals surface area contributed by atoms with E-state index in [1.54, 1.807) is 19.2 Å². The van der Waals surface area contributed by atoms with Crippen LogP contribution in [0.1, 0.15) is 70.3 Å². The minimum atomic E-state index is -0.728. The molecule has 3 rings (SSSR count). The van der Waals surface area contributed by atoms with Crippen molar-refractivity contribution < 1.29 is 14.0 Å². The molecule has 2 heterocycles. The molecule has 3 N–H and O–H groups in total. The molecule has 2 atom stereocenters. The first kappa shape index (κ1) is 26.4. The molecule has 2 amide bonds. The number of nitrogens with one attached hydrogen (secondary N) is 3. The van der Waals surface area contributed by atoms with E-state index in [1.807, 2.05) is 13.0 Å². The lowest BCUT2D eigenvalue weighted by Gasteiger charge is -2.26. The molecule has 35 heavy (non-hydrogen) atoms. The smallest absolute Gasteiger partial charge is 0.243 e. The molecule has 0 bridgehead atoms. The van der Waals surface area contributed by atoms with Crippen molar-refractivity contribution in [3.05, 3.63) is 53.9 Å². The highest BCUT2D eigenvalue weighted by molar-refractivity contribution is 5.88.